The van der Waals surface area contributed by atoms with Crippen molar-refractivity contribution < 1.29 is 4.42 Å². The molecule has 17 aromatic rings. The van der Waals surface area contributed by atoms with Crippen LogP contribution in [0.1, 0.15) is 49.9 Å². The van der Waals surface area contributed by atoms with Gasteiger partial charge in [0.2, 0.25) is 0 Å². The topological polar surface area (TPSA) is 19.6 Å². The van der Waals surface area contributed by atoms with E-state index in [-0.39, 0.29) is 10.8 Å². The Morgan fingerprint density at radius 2 is 0.556 bits per heavy atom. The molecular weight excluding hydrogens is 1360 g/mol. The molecule has 0 bridgehead atoms. The fourth-order valence-electron chi connectivity index (χ4n) is 16.8. The molecule has 19 rings (SSSR count). The third kappa shape index (κ3) is 12.3. The Morgan fingerprint density at radius 3 is 1.04 bits per heavy atom. The van der Waals surface area contributed by atoms with Crippen LogP contribution < -0.4 is 20.2 Å². The predicted octanol–water partition coefficient (Wildman–Crippen LogP) is 28.6. The quantitative estimate of drug-likeness (QED) is 0.107. The van der Waals surface area contributed by atoms with Crippen molar-refractivity contribution in [2.75, 3.05) is 9.80 Å². The fourth-order valence-corrected chi connectivity index (χ4v) is 20.2. The van der Waals surface area contributed by atoms with Crippen molar-refractivity contribution >= 4 is 114 Å². The molecule has 3 nitrogen and oxygen atoms in total. The summed E-state index contributed by atoms with van der Waals surface area (Å²) in [6.45, 7) is 23.8. The molecular formula is C102H86N2OSSi2. The monoisotopic (exact) mass is 1440 g/mol. The minimum Gasteiger partial charge on any atom is -0.456 e. The number of anilines is 6. The number of thiophene rings is 1. The normalized spacial score (nSPS) is 13.2. The van der Waals surface area contributed by atoms with E-state index < -0.39 is 16.1 Å². The number of hydrogen-bond donors (Lipinski definition) is 0. The molecule has 0 aliphatic heterocycles. The van der Waals surface area contributed by atoms with Crippen LogP contribution >= 0.6 is 11.3 Å². The van der Waals surface area contributed by atoms with Crippen LogP contribution in [-0.4, -0.2) is 16.1 Å². The fraction of sp³-hybridized carbons (Fsp3) is 0.118. The number of nitrogens with zero attached hydrogens (tertiary/aromatic N) is 2. The van der Waals surface area contributed by atoms with Crippen molar-refractivity contribution in [3.63, 3.8) is 0 Å². The average molecular weight is 1440 g/mol. The Kier molecular flexibility index (Phi) is 16.8. The van der Waals surface area contributed by atoms with E-state index in [0.717, 1.165) is 50.4 Å². The molecule has 2 aromatic heterocycles. The first kappa shape index (κ1) is 68.2. The number of rotatable bonds is 13. The van der Waals surface area contributed by atoms with Crippen LogP contribution in [0.2, 0.25) is 39.3 Å². The summed E-state index contributed by atoms with van der Waals surface area (Å²) < 4.78 is 8.79. The number of furan rings is 1. The zero-order valence-corrected chi connectivity index (χ0v) is 65.9. The second kappa shape index (κ2) is 26.7. The van der Waals surface area contributed by atoms with E-state index in [9.17, 15) is 0 Å². The second-order valence-corrected chi connectivity index (χ2v) is 43.7. The van der Waals surface area contributed by atoms with E-state index in [0.29, 0.717) is 0 Å². The summed E-state index contributed by atoms with van der Waals surface area (Å²) in [5, 5.41) is 7.91. The molecule has 0 radical (unpaired) electrons. The molecule has 0 spiro atoms. The molecule has 2 heterocycles. The van der Waals surface area contributed by atoms with Gasteiger partial charge < -0.3 is 14.2 Å². The highest BCUT2D eigenvalue weighted by atomic mass is 32.1. The summed E-state index contributed by atoms with van der Waals surface area (Å²) in [6, 6.07) is 126. The lowest BCUT2D eigenvalue weighted by Gasteiger charge is -2.28. The lowest BCUT2D eigenvalue weighted by atomic mass is 9.81. The Bertz CT molecular complexity index is 6270. The summed E-state index contributed by atoms with van der Waals surface area (Å²) >= 11 is 1.87. The van der Waals surface area contributed by atoms with Gasteiger partial charge in [0.1, 0.15) is 11.2 Å². The first-order chi connectivity index (χ1) is 52.3. The Labute approximate surface area is 641 Å². The van der Waals surface area contributed by atoms with Gasteiger partial charge in [-0.2, -0.15) is 0 Å². The van der Waals surface area contributed by atoms with Gasteiger partial charge in [-0.15, -0.1) is 11.3 Å². The number of para-hydroxylation sites is 1. The molecule has 108 heavy (non-hydrogen) atoms. The minimum absolute atomic E-state index is 0.0363. The maximum absolute atomic E-state index is 6.12. The van der Waals surface area contributed by atoms with Gasteiger partial charge in [-0.1, -0.05) is 302 Å². The highest BCUT2D eigenvalue weighted by Gasteiger charge is 2.37. The number of benzene rings is 15. The Balaban J connectivity index is 0.000000153. The van der Waals surface area contributed by atoms with Crippen molar-refractivity contribution in [1.29, 1.82) is 0 Å². The summed E-state index contributed by atoms with van der Waals surface area (Å²) in [4.78, 5) is 4.78. The molecule has 524 valence electrons. The van der Waals surface area contributed by atoms with Crippen molar-refractivity contribution in [3.8, 4) is 77.9 Å². The molecule has 6 heteroatoms. The SMILES string of the molecule is CC1(C)c2ccccc2-c2ccc(-c3ccc(N(c4ccc(-c5ccc([Si](C)(C)C)cc5)cc4)c4ccc(-c5ccc6oc7ccccc7c6c5)cc4)cc3)cc21.CC1(C)c2ccccc2-c2ccc(N(c3ccc(-c4ccc([Si](C)(C)C)cc4)cc3)c3ccc(-c4ccc5sc6ccccc6c5c4)cc3)cc21. The van der Waals surface area contributed by atoms with Crippen LogP contribution in [0.15, 0.2) is 344 Å². The van der Waals surface area contributed by atoms with E-state index in [2.05, 4.69) is 404 Å². The molecule has 0 atom stereocenters. The maximum Gasteiger partial charge on any atom is 0.135 e. The lowest BCUT2D eigenvalue weighted by molar-refractivity contribution is 0.660. The van der Waals surface area contributed by atoms with Gasteiger partial charge in [-0.3, -0.25) is 0 Å². The highest BCUT2D eigenvalue weighted by molar-refractivity contribution is 7.25. The van der Waals surface area contributed by atoms with E-state index in [1.165, 1.54) is 136 Å². The summed E-state index contributed by atoms with van der Waals surface area (Å²) in [5.74, 6) is 0. The van der Waals surface area contributed by atoms with Crippen molar-refractivity contribution in [1.82, 2.24) is 0 Å². The third-order valence-electron chi connectivity index (χ3n) is 23.0. The largest absolute Gasteiger partial charge is 0.456 e. The Hall–Kier alpha value is -11.6. The van der Waals surface area contributed by atoms with Crippen LogP contribution in [0, 0.1) is 0 Å². The van der Waals surface area contributed by atoms with Crippen molar-refractivity contribution in [3.05, 3.63) is 362 Å². The lowest BCUT2D eigenvalue weighted by Crippen LogP contribution is -2.37. The van der Waals surface area contributed by atoms with Crippen LogP contribution in [0.5, 0.6) is 0 Å². The van der Waals surface area contributed by atoms with Crippen molar-refractivity contribution in [2.24, 2.45) is 0 Å². The first-order valence-corrected chi connectivity index (χ1v) is 45.7. The van der Waals surface area contributed by atoms with Gasteiger partial charge in [-0.05, 0) is 215 Å². The zero-order chi connectivity index (χ0) is 73.8. The van der Waals surface area contributed by atoms with Gasteiger partial charge in [-0.25, -0.2) is 0 Å². The smallest absolute Gasteiger partial charge is 0.135 e. The van der Waals surface area contributed by atoms with Crippen LogP contribution in [0.25, 0.3) is 120 Å². The molecule has 0 saturated heterocycles. The van der Waals surface area contributed by atoms with Gasteiger partial charge in [0, 0.05) is 75.9 Å². The third-order valence-corrected chi connectivity index (χ3v) is 28.2. The summed E-state index contributed by atoms with van der Waals surface area (Å²) in [5.41, 5.74) is 31.6. The second-order valence-electron chi connectivity index (χ2n) is 32.5. The van der Waals surface area contributed by atoms with E-state index >= 15 is 0 Å². The molecule has 0 saturated carbocycles. The van der Waals surface area contributed by atoms with Gasteiger partial charge >= 0.3 is 0 Å². The summed E-state index contributed by atoms with van der Waals surface area (Å²) in [6.07, 6.45) is 0. The van der Waals surface area contributed by atoms with E-state index in [1.807, 2.05) is 23.5 Å². The maximum atomic E-state index is 6.12. The molecule has 15 aromatic carbocycles. The van der Waals surface area contributed by atoms with Gasteiger partial charge in [0.15, 0.2) is 0 Å². The van der Waals surface area contributed by atoms with Crippen LogP contribution in [-0.2, 0) is 10.8 Å². The molecule has 0 unspecified atom stereocenters. The molecule has 2 aliphatic rings. The van der Waals surface area contributed by atoms with Gasteiger partial charge in [0.25, 0.3) is 0 Å². The molecule has 0 N–H and O–H groups in total. The summed E-state index contributed by atoms with van der Waals surface area (Å²) in [7, 11) is -2.71. The number of hydrogen-bond acceptors (Lipinski definition) is 4. The van der Waals surface area contributed by atoms with E-state index in [4.69, 9.17) is 4.42 Å². The average Bonchev–Trinajstić information content (AvgIpc) is 1.57. The molecule has 2 aliphatic carbocycles. The number of fused-ring (bicyclic) bond motifs is 12. The standard InChI is InChI=1S/C54H45NOSi.C48H41NSSi/c1-54(2)50-12-8-6-10-46(50)47-32-22-41(35-51(47)54)39-18-28-44(29-19-39)55(42-24-14-36(15-25-42)37-20-30-45(31-21-37)57(3,4)5)43-26-16-38(17-27-43)40-23-33-53-49(34-40)48-11-7-9-13-52(48)56-53;1-48(2)44-12-8-6-10-40(44)41-28-25-38(31-45(41)48)49(36-21-14-32(15-22-36)33-18-26-39(27-19-33)51(3,4)5)37-23-16-34(17-24-37)35-20-29-47-43(30-35)42-11-7-9-13-46(42)50-47/h6-35H,1-5H3;6-31H,1-5H3. The predicted molar refractivity (Wildman–Crippen MR) is 471 cm³/mol. The van der Waals surface area contributed by atoms with Crippen LogP contribution in [0.4, 0.5) is 34.1 Å². The van der Waals surface area contributed by atoms with Crippen LogP contribution in [0.3, 0.4) is 0 Å². The Morgan fingerprint density at radius 1 is 0.241 bits per heavy atom. The van der Waals surface area contributed by atoms with Gasteiger partial charge in [0.05, 0.1) is 16.1 Å². The highest BCUT2D eigenvalue weighted by Crippen LogP contribution is 2.53. The molecule has 0 amide bonds. The zero-order valence-electron chi connectivity index (χ0n) is 63.0. The molecule has 0 fully saturated rings. The van der Waals surface area contributed by atoms with E-state index in [1.54, 1.807) is 0 Å². The minimum atomic E-state index is -1.36. The first-order valence-electron chi connectivity index (χ1n) is 37.9. The van der Waals surface area contributed by atoms with Crippen molar-refractivity contribution in [2.45, 2.75) is 77.8 Å².